The molecule has 1 aromatic heterocycles. The number of alkyl halides is 3. The van der Waals surface area contributed by atoms with Crippen molar-refractivity contribution in [3.8, 4) is 0 Å². The molecule has 1 N–H and O–H groups in total. The monoisotopic (exact) mass is 269 g/mol. The Morgan fingerprint density at radius 3 is 2.63 bits per heavy atom. The van der Waals surface area contributed by atoms with E-state index in [0.29, 0.717) is 12.1 Å². The molecule has 0 bridgehead atoms. The van der Waals surface area contributed by atoms with Gasteiger partial charge in [0.25, 0.3) is 0 Å². The third kappa shape index (κ3) is 3.61. The van der Waals surface area contributed by atoms with Crippen LogP contribution in [0, 0.1) is 0 Å². The Morgan fingerprint density at radius 2 is 2.00 bits per heavy atom. The van der Waals surface area contributed by atoms with Crippen LogP contribution in [0.1, 0.15) is 29.9 Å². The molecule has 2 rings (SSSR count). The summed E-state index contributed by atoms with van der Waals surface area (Å²) in [6, 6.07) is 8.85. The van der Waals surface area contributed by atoms with E-state index in [1.165, 1.54) is 6.07 Å². The molecule has 0 spiro atoms. The predicted octanol–water partition coefficient (Wildman–Crippen LogP) is 4.15. The topological polar surface area (TPSA) is 25.2 Å². The fraction of sp³-hybridized carbons (Fsp3) is 0.286. The highest BCUT2D eigenvalue weighted by atomic mass is 19.4. The summed E-state index contributed by atoms with van der Waals surface area (Å²) in [5.74, 6) is 0.756. The van der Waals surface area contributed by atoms with Gasteiger partial charge in [0.1, 0.15) is 5.76 Å². The molecular weight excluding hydrogens is 255 g/mol. The number of rotatable bonds is 4. The van der Waals surface area contributed by atoms with Crippen LogP contribution < -0.4 is 5.32 Å². The summed E-state index contributed by atoms with van der Waals surface area (Å²) < 4.78 is 42.9. The Bertz CT molecular complexity index is 520. The van der Waals surface area contributed by atoms with Crippen LogP contribution in [0.4, 0.5) is 13.2 Å². The fourth-order valence-electron chi connectivity index (χ4n) is 1.77. The molecule has 5 heteroatoms. The first-order valence-corrected chi connectivity index (χ1v) is 5.90. The van der Waals surface area contributed by atoms with Crippen LogP contribution in [0.25, 0.3) is 0 Å². The molecule has 0 unspecified atom stereocenters. The molecule has 0 amide bonds. The molecule has 0 aliphatic heterocycles. The van der Waals surface area contributed by atoms with Crippen LogP contribution in [0.3, 0.4) is 0 Å². The zero-order valence-corrected chi connectivity index (χ0v) is 10.4. The molecule has 1 aromatic carbocycles. The number of hydrogen-bond acceptors (Lipinski definition) is 2. The summed E-state index contributed by atoms with van der Waals surface area (Å²) in [7, 11) is 0. The Kier molecular flexibility index (Phi) is 3.95. The molecular formula is C14H14F3NO. The molecule has 0 fully saturated rings. The molecule has 0 saturated heterocycles. The zero-order valence-electron chi connectivity index (χ0n) is 10.4. The van der Waals surface area contributed by atoms with Crippen molar-refractivity contribution in [3.05, 3.63) is 59.5 Å². The third-order valence-electron chi connectivity index (χ3n) is 2.84. The first kappa shape index (κ1) is 13.7. The minimum absolute atomic E-state index is 0.0513. The molecule has 0 radical (unpaired) electrons. The van der Waals surface area contributed by atoms with Gasteiger partial charge in [-0.25, -0.2) is 0 Å². The molecule has 2 aromatic rings. The third-order valence-corrected chi connectivity index (χ3v) is 2.84. The van der Waals surface area contributed by atoms with E-state index in [-0.39, 0.29) is 6.04 Å². The Balaban J connectivity index is 2.00. The molecule has 1 heterocycles. The number of nitrogens with one attached hydrogen (secondary N) is 1. The van der Waals surface area contributed by atoms with Crippen molar-refractivity contribution in [3.63, 3.8) is 0 Å². The van der Waals surface area contributed by atoms with Crippen LogP contribution in [0.15, 0.2) is 47.1 Å². The second kappa shape index (κ2) is 5.48. The van der Waals surface area contributed by atoms with Gasteiger partial charge in [0.15, 0.2) is 0 Å². The summed E-state index contributed by atoms with van der Waals surface area (Å²) in [6.07, 6.45) is -2.74. The highest BCUT2D eigenvalue weighted by molar-refractivity contribution is 5.25. The van der Waals surface area contributed by atoms with Gasteiger partial charge in [-0.1, -0.05) is 18.2 Å². The van der Waals surface area contributed by atoms with Crippen LogP contribution >= 0.6 is 0 Å². The van der Waals surface area contributed by atoms with Gasteiger partial charge in [0, 0.05) is 6.54 Å². The summed E-state index contributed by atoms with van der Waals surface area (Å²) in [5, 5.41) is 3.12. The largest absolute Gasteiger partial charge is 0.468 e. The smallest absolute Gasteiger partial charge is 0.416 e. The van der Waals surface area contributed by atoms with Crippen molar-refractivity contribution in [2.75, 3.05) is 0 Å². The lowest BCUT2D eigenvalue weighted by Gasteiger charge is -2.13. The summed E-state index contributed by atoms with van der Waals surface area (Å²) in [5.41, 5.74) is -0.0364. The van der Waals surface area contributed by atoms with Gasteiger partial charge in [0.05, 0.1) is 17.9 Å². The van der Waals surface area contributed by atoms with Crippen molar-refractivity contribution in [1.29, 1.82) is 0 Å². The van der Waals surface area contributed by atoms with Gasteiger partial charge >= 0.3 is 6.18 Å². The summed E-state index contributed by atoms with van der Waals surface area (Å²) in [4.78, 5) is 0. The highest BCUT2D eigenvalue weighted by Gasteiger charge is 2.30. The maximum atomic E-state index is 12.6. The second-order valence-electron chi connectivity index (χ2n) is 4.32. The lowest BCUT2D eigenvalue weighted by atomic mass is 10.1. The normalized spacial score (nSPS) is 13.5. The molecule has 2 nitrogen and oxygen atoms in total. The summed E-state index contributed by atoms with van der Waals surface area (Å²) >= 11 is 0. The van der Waals surface area contributed by atoms with Gasteiger partial charge in [-0.05, 0) is 30.7 Å². The van der Waals surface area contributed by atoms with Crippen molar-refractivity contribution >= 4 is 0 Å². The average Bonchev–Trinajstić information content (AvgIpc) is 2.89. The Morgan fingerprint density at radius 1 is 1.21 bits per heavy atom. The van der Waals surface area contributed by atoms with Crippen LogP contribution in [0.2, 0.25) is 0 Å². The van der Waals surface area contributed by atoms with Crippen molar-refractivity contribution < 1.29 is 17.6 Å². The standard InChI is InChI=1S/C14H14F3NO/c1-10(13-6-3-7-19-13)18-9-11-4-2-5-12(8-11)14(15,16)17/h2-8,10,18H,9H2,1H3/t10-/m0/s1. The van der Waals surface area contributed by atoms with E-state index < -0.39 is 11.7 Å². The number of halogens is 3. The minimum Gasteiger partial charge on any atom is -0.468 e. The number of hydrogen-bond donors (Lipinski definition) is 1. The second-order valence-corrected chi connectivity index (χ2v) is 4.32. The van der Waals surface area contributed by atoms with Gasteiger partial charge in [-0.3, -0.25) is 0 Å². The summed E-state index contributed by atoms with van der Waals surface area (Å²) in [6.45, 7) is 2.25. The average molecular weight is 269 g/mol. The SMILES string of the molecule is C[C@H](NCc1cccc(C(F)(F)F)c1)c1ccco1. The van der Waals surface area contributed by atoms with Gasteiger partial charge in [0.2, 0.25) is 0 Å². The molecule has 1 atom stereocenters. The minimum atomic E-state index is -4.30. The van der Waals surface area contributed by atoms with E-state index in [4.69, 9.17) is 4.42 Å². The lowest BCUT2D eigenvalue weighted by Crippen LogP contribution is -2.18. The van der Waals surface area contributed by atoms with E-state index in [9.17, 15) is 13.2 Å². The van der Waals surface area contributed by atoms with Crippen LogP contribution in [-0.4, -0.2) is 0 Å². The van der Waals surface area contributed by atoms with Crippen LogP contribution in [0.5, 0.6) is 0 Å². The van der Waals surface area contributed by atoms with Gasteiger partial charge < -0.3 is 9.73 Å². The quantitative estimate of drug-likeness (QED) is 0.902. The number of benzene rings is 1. The first-order chi connectivity index (χ1) is 8.97. The maximum Gasteiger partial charge on any atom is 0.416 e. The van der Waals surface area contributed by atoms with Crippen molar-refractivity contribution in [2.24, 2.45) is 0 Å². The van der Waals surface area contributed by atoms with E-state index in [0.717, 1.165) is 17.9 Å². The van der Waals surface area contributed by atoms with Crippen molar-refractivity contribution in [2.45, 2.75) is 25.7 Å². The Hall–Kier alpha value is -1.75. The van der Waals surface area contributed by atoms with E-state index in [1.54, 1.807) is 18.4 Å². The lowest BCUT2D eigenvalue weighted by molar-refractivity contribution is -0.137. The predicted molar refractivity (Wildman–Crippen MR) is 65.4 cm³/mol. The zero-order chi connectivity index (χ0) is 13.9. The van der Waals surface area contributed by atoms with E-state index in [1.807, 2.05) is 13.0 Å². The molecule has 0 saturated carbocycles. The molecule has 0 aliphatic carbocycles. The number of furan rings is 1. The van der Waals surface area contributed by atoms with Gasteiger partial charge in [-0.15, -0.1) is 0 Å². The first-order valence-electron chi connectivity index (χ1n) is 5.90. The Labute approximate surface area is 109 Å². The maximum absolute atomic E-state index is 12.6. The van der Waals surface area contributed by atoms with Gasteiger partial charge in [-0.2, -0.15) is 13.2 Å². The highest BCUT2D eigenvalue weighted by Crippen LogP contribution is 2.29. The van der Waals surface area contributed by atoms with Crippen molar-refractivity contribution in [1.82, 2.24) is 5.32 Å². The van der Waals surface area contributed by atoms with E-state index >= 15 is 0 Å². The van der Waals surface area contributed by atoms with Crippen LogP contribution in [-0.2, 0) is 12.7 Å². The fourth-order valence-corrected chi connectivity index (χ4v) is 1.77. The molecule has 0 aliphatic rings. The van der Waals surface area contributed by atoms with E-state index in [2.05, 4.69) is 5.32 Å². The molecule has 19 heavy (non-hydrogen) atoms. The molecule has 102 valence electrons.